The Morgan fingerprint density at radius 2 is 1.56 bits per heavy atom. The number of aromatic hydroxyl groups is 4. The summed E-state index contributed by atoms with van der Waals surface area (Å²) in [6.07, 6.45) is -1.94. The van der Waals surface area contributed by atoms with E-state index >= 15 is 0 Å². The number of carbonyl (C=O) groups excluding carboxylic acids is 3. The van der Waals surface area contributed by atoms with Gasteiger partial charge in [0.1, 0.15) is 34.1 Å². The van der Waals surface area contributed by atoms with E-state index in [1.54, 1.807) is 6.92 Å². The summed E-state index contributed by atoms with van der Waals surface area (Å²) in [7, 11) is 0. The minimum absolute atomic E-state index is 0.172. The Morgan fingerprint density at radius 1 is 0.833 bits per heavy atom. The Morgan fingerprint density at radius 3 is 2.22 bits per heavy atom. The van der Waals surface area contributed by atoms with Crippen LogP contribution in [0, 0.1) is 13.8 Å². The fourth-order valence-electron chi connectivity index (χ4n) is 4.48. The molecule has 36 heavy (non-hydrogen) atoms. The minimum Gasteiger partial charge on any atom is -0.508 e. The number of carbonyl (C=O) groups is 3. The molecule has 11 nitrogen and oxygen atoms in total. The average molecular weight is 494 g/mol. The summed E-state index contributed by atoms with van der Waals surface area (Å²) in [5.41, 5.74) is -0.723. The van der Waals surface area contributed by atoms with Gasteiger partial charge in [-0.2, -0.15) is 0 Å². The average Bonchev–Trinajstić information content (AvgIpc) is 2.98. The highest BCUT2D eigenvalue weighted by Crippen LogP contribution is 2.54. The fraction of sp³-hybridized carbons (Fsp3) is 0.160. The van der Waals surface area contributed by atoms with Crippen LogP contribution >= 0.6 is 0 Å². The lowest BCUT2D eigenvalue weighted by atomic mass is 9.93. The van der Waals surface area contributed by atoms with Gasteiger partial charge in [0.15, 0.2) is 23.5 Å². The number of aryl methyl sites for hydroxylation is 2. The van der Waals surface area contributed by atoms with Gasteiger partial charge in [-0.05, 0) is 37.1 Å². The van der Waals surface area contributed by atoms with E-state index in [1.165, 1.54) is 19.1 Å². The van der Waals surface area contributed by atoms with E-state index < -0.39 is 46.8 Å². The number of aliphatic hydroxyl groups excluding tert-OH is 1. The molecule has 2 heterocycles. The number of phenols is 4. The van der Waals surface area contributed by atoms with Crippen LogP contribution in [0.2, 0.25) is 0 Å². The smallest absolute Gasteiger partial charge is 0.347 e. The van der Waals surface area contributed by atoms with Crippen LogP contribution < -0.4 is 9.47 Å². The molecule has 3 aromatic rings. The molecule has 0 bridgehead atoms. The molecule has 0 amide bonds. The predicted molar refractivity (Wildman–Crippen MR) is 119 cm³/mol. The van der Waals surface area contributed by atoms with Gasteiger partial charge in [-0.3, -0.25) is 4.79 Å². The maximum atomic E-state index is 13.2. The van der Waals surface area contributed by atoms with E-state index in [2.05, 4.69) is 0 Å². The molecular weight excluding hydrogens is 476 g/mol. The number of aliphatic hydroxyl groups is 1. The maximum absolute atomic E-state index is 13.2. The Labute approximate surface area is 202 Å². The fourth-order valence-corrected chi connectivity index (χ4v) is 4.48. The van der Waals surface area contributed by atoms with Gasteiger partial charge in [0, 0.05) is 23.6 Å². The molecule has 5 N–H and O–H groups in total. The lowest BCUT2D eigenvalue weighted by Gasteiger charge is -2.19. The molecule has 3 aromatic carbocycles. The second-order valence-corrected chi connectivity index (χ2v) is 8.41. The molecule has 0 aromatic heterocycles. The highest BCUT2D eigenvalue weighted by Gasteiger charge is 2.43. The SMILES string of the molecule is Cc1cc(O)cc(O)c1Cc1c(O)c2c(c3c1OC(=O)c1c(C)cc(O)c(C=O)c1O3)C(O)OC2=O. The zero-order valence-electron chi connectivity index (χ0n) is 18.8. The van der Waals surface area contributed by atoms with Crippen molar-refractivity contribution in [3.63, 3.8) is 0 Å². The van der Waals surface area contributed by atoms with Crippen molar-refractivity contribution in [3.05, 3.63) is 62.7 Å². The second-order valence-electron chi connectivity index (χ2n) is 8.41. The number of rotatable bonds is 3. The molecule has 0 radical (unpaired) electrons. The number of fused-ring (bicyclic) bond motifs is 4. The van der Waals surface area contributed by atoms with Crippen LogP contribution in [0.4, 0.5) is 0 Å². The standard InChI is InChI=1S/C25H18O11/c1-8-3-10(27)5-15(29)11(8)6-12-19(30)17-18(25(33)36-24(17)32)22-21(12)35-23(31)16-9(2)4-14(28)13(7-26)20(16)34-22/h3-5,7,25,27-30,33H,6H2,1-2H3. The zero-order chi connectivity index (χ0) is 26.0. The first-order valence-corrected chi connectivity index (χ1v) is 10.6. The van der Waals surface area contributed by atoms with Crippen LogP contribution in [0.5, 0.6) is 40.2 Å². The summed E-state index contributed by atoms with van der Waals surface area (Å²) >= 11 is 0. The summed E-state index contributed by atoms with van der Waals surface area (Å²) in [5.74, 6) is -4.97. The molecule has 1 unspecified atom stereocenters. The molecule has 0 aliphatic carbocycles. The molecule has 0 saturated heterocycles. The van der Waals surface area contributed by atoms with Crippen LogP contribution in [0.1, 0.15) is 65.2 Å². The van der Waals surface area contributed by atoms with Gasteiger partial charge >= 0.3 is 11.9 Å². The largest absolute Gasteiger partial charge is 0.508 e. The van der Waals surface area contributed by atoms with Crippen molar-refractivity contribution < 1.29 is 54.1 Å². The van der Waals surface area contributed by atoms with Crippen molar-refractivity contribution in [1.29, 1.82) is 0 Å². The normalized spacial score (nSPS) is 15.7. The first kappa shape index (κ1) is 23.0. The first-order chi connectivity index (χ1) is 17.0. The topological polar surface area (TPSA) is 180 Å². The first-order valence-electron chi connectivity index (χ1n) is 10.6. The molecule has 0 spiro atoms. The minimum atomic E-state index is -1.90. The van der Waals surface area contributed by atoms with Gasteiger partial charge in [0.25, 0.3) is 0 Å². The number of esters is 2. The highest BCUT2D eigenvalue weighted by atomic mass is 16.6. The van der Waals surface area contributed by atoms with E-state index in [1.807, 2.05) is 0 Å². The number of cyclic esters (lactones) is 1. The van der Waals surface area contributed by atoms with Gasteiger partial charge in [0.2, 0.25) is 6.29 Å². The summed E-state index contributed by atoms with van der Waals surface area (Å²) < 4.78 is 16.3. The second kappa shape index (κ2) is 7.89. The number of benzene rings is 3. The van der Waals surface area contributed by atoms with Crippen LogP contribution in [0.3, 0.4) is 0 Å². The van der Waals surface area contributed by atoms with Crippen molar-refractivity contribution in [3.8, 4) is 40.2 Å². The van der Waals surface area contributed by atoms with Crippen LogP contribution in [-0.2, 0) is 11.2 Å². The Bertz CT molecular complexity index is 1500. The molecule has 0 fully saturated rings. The summed E-state index contributed by atoms with van der Waals surface area (Å²) in [5, 5.41) is 51.9. The number of aldehydes is 1. The quantitative estimate of drug-likeness (QED) is 0.205. The number of phenolic OH excluding ortho intramolecular Hbond substituents is 4. The van der Waals surface area contributed by atoms with Crippen LogP contribution in [-0.4, -0.2) is 43.8 Å². The van der Waals surface area contributed by atoms with Crippen molar-refractivity contribution >= 4 is 18.2 Å². The summed E-state index contributed by atoms with van der Waals surface area (Å²) in [6.45, 7) is 3.05. The van der Waals surface area contributed by atoms with E-state index in [4.69, 9.17) is 14.2 Å². The lowest BCUT2D eigenvalue weighted by Crippen LogP contribution is -2.12. The Balaban J connectivity index is 1.83. The zero-order valence-corrected chi connectivity index (χ0v) is 18.8. The Hall–Kier alpha value is -4.77. The van der Waals surface area contributed by atoms with E-state index in [-0.39, 0.29) is 63.3 Å². The van der Waals surface area contributed by atoms with Crippen molar-refractivity contribution in [2.45, 2.75) is 26.6 Å². The predicted octanol–water partition coefficient (Wildman–Crippen LogP) is 3.02. The Kier molecular flexibility index (Phi) is 5.04. The molecule has 11 heteroatoms. The summed E-state index contributed by atoms with van der Waals surface area (Å²) in [4.78, 5) is 37.4. The van der Waals surface area contributed by atoms with E-state index in [9.17, 15) is 39.9 Å². The number of hydrogen-bond donors (Lipinski definition) is 5. The molecule has 0 saturated carbocycles. The van der Waals surface area contributed by atoms with Gasteiger partial charge in [-0.15, -0.1) is 0 Å². The van der Waals surface area contributed by atoms with Gasteiger partial charge in [-0.25, -0.2) is 9.59 Å². The van der Waals surface area contributed by atoms with E-state index in [0.717, 1.165) is 6.07 Å². The van der Waals surface area contributed by atoms with Crippen LogP contribution in [0.25, 0.3) is 0 Å². The van der Waals surface area contributed by atoms with Crippen molar-refractivity contribution in [2.75, 3.05) is 0 Å². The molecule has 2 aliphatic rings. The third-order valence-electron chi connectivity index (χ3n) is 6.19. The third kappa shape index (κ3) is 3.21. The molecule has 2 aliphatic heterocycles. The number of ether oxygens (including phenoxy) is 3. The molecule has 5 rings (SSSR count). The van der Waals surface area contributed by atoms with Crippen molar-refractivity contribution in [2.24, 2.45) is 0 Å². The lowest BCUT2D eigenvalue weighted by molar-refractivity contribution is -0.0555. The van der Waals surface area contributed by atoms with Gasteiger partial charge in [-0.1, -0.05) is 0 Å². The van der Waals surface area contributed by atoms with Crippen LogP contribution in [0.15, 0.2) is 18.2 Å². The molecule has 184 valence electrons. The highest BCUT2D eigenvalue weighted by molar-refractivity contribution is 6.04. The monoisotopic (exact) mass is 494 g/mol. The third-order valence-corrected chi connectivity index (χ3v) is 6.19. The van der Waals surface area contributed by atoms with E-state index in [0.29, 0.717) is 5.56 Å². The van der Waals surface area contributed by atoms with Gasteiger partial charge < -0.3 is 39.7 Å². The molecule has 1 atom stereocenters. The maximum Gasteiger partial charge on any atom is 0.347 e. The summed E-state index contributed by atoms with van der Waals surface area (Å²) in [6, 6.07) is 3.60. The number of hydrogen-bond acceptors (Lipinski definition) is 11. The molecular formula is C25H18O11. The van der Waals surface area contributed by atoms with Gasteiger partial charge in [0.05, 0.1) is 11.1 Å². The van der Waals surface area contributed by atoms with Crippen molar-refractivity contribution in [1.82, 2.24) is 0 Å².